The summed E-state index contributed by atoms with van der Waals surface area (Å²) in [7, 11) is 0. The van der Waals surface area contributed by atoms with E-state index < -0.39 is 6.04 Å². The second-order valence-electron chi connectivity index (χ2n) is 5.61. The van der Waals surface area contributed by atoms with Crippen molar-refractivity contribution in [3.8, 4) is 5.75 Å². The van der Waals surface area contributed by atoms with E-state index in [2.05, 4.69) is 19.2 Å². The van der Waals surface area contributed by atoms with Crippen LogP contribution in [-0.2, 0) is 4.79 Å². The van der Waals surface area contributed by atoms with Crippen molar-refractivity contribution in [1.29, 1.82) is 0 Å². The van der Waals surface area contributed by atoms with Crippen molar-refractivity contribution in [2.75, 3.05) is 11.9 Å². The van der Waals surface area contributed by atoms with Gasteiger partial charge in [0.05, 0.1) is 6.61 Å². The Morgan fingerprint density at radius 2 is 1.83 bits per heavy atom. The number of halogens is 1. The molecule has 2 aromatic carbocycles. The molecule has 0 fully saturated rings. The molecule has 3 N–H and O–H groups in total. The normalized spacial score (nSPS) is 11.5. The number of hydrogen-bond acceptors (Lipinski definition) is 3. The molecule has 23 heavy (non-hydrogen) atoms. The molecule has 0 saturated carbocycles. The van der Waals surface area contributed by atoms with Crippen LogP contribution >= 0.6 is 12.4 Å². The van der Waals surface area contributed by atoms with Crippen molar-refractivity contribution in [3.63, 3.8) is 0 Å². The zero-order valence-corrected chi connectivity index (χ0v) is 14.2. The van der Waals surface area contributed by atoms with Crippen LogP contribution in [0.1, 0.15) is 25.5 Å². The standard InChI is InChI=1S/C18H22N2O2.ClH/c1-13(2)12-22-16-10-6-9-15(11-16)20-18(21)17(19)14-7-4-3-5-8-14;/h3-11,13,17H,12,19H2,1-2H3,(H,20,21);1H. The molecular weight excluding hydrogens is 312 g/mol. The lowest BCUT2D eigenvalue weighted by Crippen LogP contribution is -2.27. The first kappa shape index (κ1) is 19.0. The van der Waals surface area contributed by atoms with Crippen molar-refractivity contribution in [1.82, 2.24) is 0 Å². The maximum Gasteiger partial charge on any atom is 0.245 e. The molecular formula is C18H23ClN2O2. The predicted octanol–water partition coefficient (Wildman–Crippen LogP) is 3.78. The average Bonchev–Trinajstić information content (AvgIpc) is 2.53. The summed E-state index contributed by atoms with van der Waals surface area (Å²) in [6, 6.07) is 15.9. The molecule has 4 nitrogen and oxygen atoms in total. The van der Waals surface area contributed by atoms with Gasteiger partial charge in [-0.1, -0.05) is 50.2 Å². The SMILES string of the molecule is CC(C)COc1cccc(NC(=O)C(N)c2ccccc2)c1.Cl. The number of nitrogens with two attached hydrogens (primary N) is 1. The fraction of sp³-hybridized carbons (Fsp3) is 0.278. The van der Waals surface area contributed by atoms with E-state index in [1.54, 1.807) is 6.07 Å². The van der Waals surface area contributed by atoms with Gasteiger partial charge in [-0.15, -0.1) is 12.4 Å². The van der Waals surface area contributed by atoms with Gasteiger partial charge in [0.15, 0.2) is 0 Å². The van der Waals surface area contributed by atoms with Gasteiger partial charge in [-0.2, -0.15) is 0 Å². The molecule has 0 radical (unpaired) electrons. The van der Waals surface area contributed by atoms with E-state index in [-0.39, 0.29) is 18.3 Å². The van der Waals surface area contributed by atoms with E-state index in [0.29, 0.717) is 18.2 Å². The molecule has 124 valence electrons. The van der Waals surface area contributed by atoms with Crippen molar-refractivity contribution < 1.29 is 9.53 Å². The van der Waals surface area contributed by atoms with Gasteiger partial charge in [-0.25, -0.2) is 0 Å². The third kappa shape index (κ3) is 5.93. The maximum atomic E-state index is 12.2. The van der Waals surface area contributed by atoms with E-state index >= 15 is 0 Å². The van der Waals surface area contributed by atoms with Gasteiger partial charge in [0, 0.05) is 11.8 Å². The summed E-state index contributed by atoms with van der Waals surface area (Å²) in [4.78, 5) is 12.2. The first-order valence-electron chi connectivity index (χ1n) is 7.40. The highest BCUT2D eigenvalue weighted by Crippen LogP contribution is 2.19. The van der Waals surface area contributed by atoms with Crippen LogP contribution < -0.4 is 15.8 Å². The molecule has 0 aliphatic heterocycles. The van der Waals surface area contributed by atoms with Crippen LogP contribution in [0.25, 0.3) is 0 Å². The first-order chi connectivity index (χ1) is 10.6. The van der Waals surface area contributed by atoms with Crippen LogP contribution in [-0.4, -0.2) is 12.5 Å². The molecule has 2 rings (SSSR count). The van der Waals surface area contributed by atoms with Crippen molar-refractivity contribution >= 4 is 24.0 Å². The number of amides is 1. The Labute approximate surface area is 143 Å². The smallest absolute Gasteiger partial charge is 0.245 e. The Morgan fingerprint density at radius 1 is 1.13 bits per heavy atom. The van der Waals surface area contributed by atoms with Crippen molar-refractivity contribution in [2.24, 2.45) is 11.7 Å². The third-order valence-corrected chi connectivity index (χ3v) is 3.13. The van der Waals surface area contributed by atoms with E-state index in [0.717, 1.165) is 11.3 Å². The molecule has 0 bridgehead atoms. The summed E-state index contributed by atoms with van der Waals surface area (Å²) in [6.45, 7) is 4.82. The van der Waals surface area contributed by atoms with Crippen LogP contribution in [0.3, 0.4) is 0 Å². The molecule has 1 unspecified atom stereocenters. The second-order valence-corrected chi connectivity index (χ2v) is 5.61. The molecule has 0 saturated heterocycles. The Bertz CT molecular complexity index is 617. The first-order valence-corrected chi connectivity index (χ1v) is 7.40. The summed E-state index contributed by atoms with van der Waals surface area (Å²) in [5.74, 6) is 0.941. The van der Waals surface area contributed by atoms with Crippen LogP contribution in [0.5, 0.6) is 5.75 Å². The second kappa shape index (κ2) is 9.18. The Balaban J connectivity index is 0.00000264. The van der Waals surface area contributed by atoms with Gasteiger partial charge in [0.2, 0.25) is 5.91 Å². The van der Waals surface area contributed by atoms with Gasteiger partial charge in [-0.3, -0.25) is 4.79 Å². The van der Waals surface area contributed by atoms with Gasteiger partial charge >= 0.3 is 0 Å². The highest BCUT2D eigenvalue weighted by atomic mass is 35.5. The lowest BCUT2D eigenvalue weighted by atomic mass is 10.1. The highest BCUT2D eigenvalue weighted by molar-refractivity contribution is 5.95. The van der Waals surface area contributed by atoms with Crippen molar-refractivity contribution in [2.45, 2.75) is 19.9 Å². The molecule has 0 aliphatic carbocycles. The fourth-order valence-electron chi connectivity index (χ4n) is 1.96. The average molecular weight is 335 g/mol. The summed E-state index contributed by atoms with van der Waals surface area (Å²) in [6.07, 6.45) is 0. The zero-order chi connectivity index (χ0) is 15.9. The van der Waals surface area contributed by atoms with E-state index in [4.69, 9.17) is 10.5 Å². The quantitative estimate of drug-likeness (QED) is 0.845. The number of carbonyl (C=O) groups excluding carboxylic acids is 1. The Hall–Kier alpha value is -2.04. The molecule has 0 spiro atoms. The highest BCUT2D eigenvalue weighted by Gasteiger charge is 2.15. The Kier molecular flexibility index (Phi) is 7.59. The zero-order valence-electron chi connectivity index (χ0n) is 13.4. The minimum absolute atomic E-state index is 0. The number of carbonyl (C=O) groups is 1. The molecule has 1 atom stereocenters. The van der Waals surface area contributed by atoms with Crippen LogP contribution in [0.2, 0.25) is 0 Å². The minimum Gasteiger partial charge on any atom is -0.493 e. The van der Waals surface area contributed by atoms with Gasteiger partial charge in [0.25, 0.3) is 0 Å². The summed E-state index contributed by atoms with van der Waals surface area (Å²) in [5, 5.41) is 2.82. The van der Waals surface area contributed by atoms with Crippen molar-refractivity contribution in [3.05, 3.63) is 60.2 Å². The molecule has 2 aromatic rings. The lowest BCUT2D eigenvalue weighted by Gasteiger charge is -2.14. The molecule has 5 heteroatoms. The molecule has 0 heterocycles. The van der Waals surface area contributed by atoms with Gasteiger partial charge in [0.1, 0.15) is 11.8 Å². The summed E-state index contributed by atoms with van der Waals surface area (Å²) in [5.41, 5.74) is 7.44. The summed E-state index contributed by atoms with van der Waals surface area (Å²) >= 11 is 0. The minimum atomic E-state index is -0.693. The molecule has 0 aliphatic rings. The number of nitrogens with one attached hydrogen (secondary N) is 1. The van der Waals surface area contributed by atoms with E-state index in [1.807, 2.05) is 48.5 Å². The number of hydrogen-bond donors (Lipinski definition) is 2. The maximum absolute atomic E-state index is 12.2. The number of anilines is 1. The number of ether oxygens (including phenoxy) is 1. The topological polar surface area (TPSA) is 64.3 Å². The van der Waals surface area contributed by atoms with E-state index in [9.17, 15) is 4.79 Å². The third-order valence-electron chi connectivity index (χ3n) is 3.13. The van der Waals surface area contributed by atoms with Crippen LogP contribution in [0.4, 0.5) is 5.69 Å². The van der Waals surface area contributed by atoms with Gasteiger partial charge in [-0.05, 0) is 23.6 Å². The van der Waals surface area contributed by atoms with E-state index in [1.165, 1.54) is 0 Å². The molecule has 0 aromatic heterocycles. The van der Waals surface area contributed by atoms with Crippen LogP contribution in [0, 0.1) is 5.92 Å². The lowest BCUT2D eigenvalue weighted by molar-refractivity contribution is -0.117. The predicted molar refractivity (Wildman–Crippen MR) is 96.0 cm³/mol. The fourth-order valence-corrected chi connectivity index (χ4v) is 1.96. The summed E-state index contributed by atoms with van der Waals surface area (Å²) < 4.78 is 5.65. The number of benzene rings is 2. The number of rotatable bonds is 6. The van der Waals surface area contributed by atoms with Gasteiger partial charge < -0.3 is 15.8 Å². The Morgan fingerprint density at radius 3 is 2.48 bits per heavy atom. The monoisotopic (exact) mass is 334 g/mol. The molecule has 1 amide bonds. The van der Waals surface area contributed by atoms with Crippen LogP contribution in [0.15, 0.2) is 54.6 Å². The largest absolute Gasteiger partial charge is 0.493 e.